The maximum Gasteiger partial charge on any atom is 0.309 e. The normalized spacial score (nSPS) is 16.8. The predicted octanol–water partition coefficient (Wildman–Crippen LogP) is 3.94. The van der Waals surface area contributed by atoms with Crippen LogP contribution in [0, 0.1) is 11.8 Å². The molecule has 1 atom stereocenters. The van der Waals surface area contributed by atoms with Crippen LogP contribution in [0.25, 0.3) is 0 Å². The van der Waals surface area contributed by atoms with Crippen molar-refractivity contribution >= 4 is 27.6 Å². The predicted molar refractivity (Wildman–Crippen MR) is 129 cm³/mol. The maximum absolute atomic E-state index is 13.0. The van der Waals surface area contributed by atoms with Crippen LogP contribution in [0.4, 0.5) is 5.69 Å². The van der Waals surface area contributed by atoms with E-state index in [2.05, 4.69) is 19.2 Å². The second-order valence-electron chi connectivity index (χ2n) is 8.76. The van der Waals surface area contributed by atoms with Crippen LogP contribution in [0.5, 0.6) is 5.75 Å². The number of anilines is 1. The first kappa shape index (κ1) is 25.7. The Morgan fingerprint density at radius 1 is 1.09 bits per heavy atom. The number of nitrogens with zero attached hydrogens (tertiary/aromatic N) is 1. The van der Waals surface area contributed by atoms with E-state index < -0.39 is 21.9 Å². The van der Waals surface area contributed by atoms with Gasteiger partial charge in [0.05, 0.1) is 24.5 Å². The minimum Gasteiger partial charge on any atom is -0.494 e. The lowest BCUT2D eigenvalue weighted by Crippen LogP contribution is -2.42. The monoisotopic (exact) mass is 488 g/mol. The molecule has 3 rings (SSSR count). The average molecular weight is 489 g/mol. The van der Waals surface area contributed by atoms with Crippen LogP contribution in [-0.4, -0.2) is 51.4 Å². The van der Waals surface area contributed by atoms with Gasteiger partial charge in [0.15, 0.2) is 0 Å². The summed E-state index contributed by atoms with van der Waals surface area (Å²) < 4.78 is 37.8. The van der Waals surface area contributed by atoms with Crippen molar-refractivity contribution in [3.8, 4) is 5.75 Å². The fourth-order valence-corrected chi connectivity index (χ4v) is 5.22. The molecule has 0 aliphatic carbocycles. The van der Waals surface area contributed by atoms with Gasteiger partial charge in [-0.3, -0.25) is 9.59 Å². The maximum atomic E-state index is 13.0. The number of esters is 1. The van der Waals surface area contributed by atoms with E-state index in [1.54, 1.807) is 36.4 Å². The molecule has 0 spiro atoms. The van der Waals surface area contributed by atoms with Crippen molar-refractivity contribution < 1.29 is 27.5 Å². The third-order valence-electron chi connectivity index (χ3n) is 5.75. The molecule has 2 aromatic carbocycles. The third-order valence-corrected chi connectivity index (χ3v) is 7.63. The number of ether oxygens (including phenoxy) is 2. The zero-order chi connectivity index (χ0) is 24.7. The fraction of sp³-hybridized carbons (Fsp3) is 0.440. The van der Waals surface area contributed by atoms with Gasteiger partial charge < -0.3 is 14.8 Å². The van der Waals surface area contributed by atoms with Crippen molar-refractivity contribution in [3.63, 3.8) is 0 Å². The van der Waals surface area contributed by atoms with Crippen LogP contribution in [0.3, 0.4) is 0 Å². The Labute approximate surface area is 201 Å². The average Bonchev–Trinajstić information content (AvgIpc) is 2.84. The number of piperidine rings is 1. The Morgan fingerprint density at radius 3 is 2.38 bits per heavy atom. The minimum atomic E-state index is -3.75. The Balaban J connectivity index is 1.60. The molecule has 2 aromatic rings. The highest BCUT2D eigenvalue weighted by molar-refractivity contribution is 7.89. The zero-order valence-electron chi connectivity index (χ0n) is 19.8. The molecule has 1 heterocycles. The highest BCUT2D eigenvalue weighted by Crippen LogP contribution is 2.25. The van der Waals surface area contributed by atoms with Gasteiger partial charge in [0, 0.05) is 24.3 Å². The number of carbonyl (C=O) groups excluding carboxylic acids is 2. The third kappa shape index (κ3) is 6.57. The Hall–Kier alpha value is -2.91. The molecule has 1 fully saturated rings. The van der Waals surface area contributed by atoms with Gasteiger partial charge in [-0.15, -0.1) is 0 Å². The van der Waals surface area contributed by atoms with E-state index in [-0.39, 0.29) is 17.3 Å². The quantitative estimate of drug-likeness (QED) is 0.537. The van der Waals surface area contributed by atoms with Crippen LogP contribution in [0.15, 0.2) is 53.4 Å². The second-order valence-corrected chi connectivity index (χ2v) is 10.7. The number of rotatable bonds is 9. The SMILES string of the molecule is COC(=O)[C@H]1CCCN(S(=O)(=O)c2ccc(NC(=O)c3ccc(OCCC(C)C)cc3)cc2)C1. The topological polar surface area (TPSA) is 102 Å². The van der Waals surface area contributed by atoms with E-state index >= 15 is 0 Å². The summed E-state index contributed by atoms with van der Waals surface area (Å²) in [7, 11) is -2.45. The molecule has 9 heteroatoms. The molecule has 0 saturated carbocycles. The Bertz CT molecular complexity index is 1080. The highest BCUT2D eigenvalue weighted by Gasteiger charge is 2.33. The first-order valence-corrected chi connectivity index (χ1v) is 12.9. The molecule has 8 nitrogen and oxygen atoms in total. The van der Waals surface area contributed by atoms with Gasteiger partial charge in [0.2, 0.25) is 10.0 Å². The van der Waals surface area contributed by atoms with Gasteiger partial charge in [-0.25, -0.2) is 8.42 Å². The number of nitrogens with one attached hydrogen (secondary N) is 1. The molecular formula is C25H32N2O6S. The number of hydrogen-bond acceptors (Lipinski definition) is 6. The largest absolute Gasteiger partial charge is 0.494 e. The van der Waals surface area contributed by atoms with Gasteiger partial charge in [0.25, 0.3) is 5.91 Å². The Morgan fingerprint density at radius 2 is 1.76 bits per heavy atom. The van der Waals surface area contributed by atoms with Crippen molar-refractivity contribution in [3.05, 3.63) is 54.1 Å². The number of benzene rings is 2. The summed E-state index contributed by atoms with van der Waals surface area (Å²) in [5.74, 6) is 0.107. The van der Waals surface area contributed by atoms with E-state index in [1.165, 1.54) is 23.5 Å². The van der Waals surface area contributed by atoms with Gasteiger partial charge >= 0.3 is 5.97 Å². The summed E-state index contributed by atoms with van der Waals surface area (Å²) in [6, 6.07) is 12.9. The number of amides is 1. The van der Waals surface area contributed by atoms with Crippen LogP contribution in [-0.2, 0) is 19.6 Å². The summed E-state index contributed by atoms with van der Waals surface area (Å²) >= 11 is 0. The number of hydrogen-bond donors (Lipinski definition) is 1. The first-order chi connectivity index (χ1) is 16.2. The standard InChI is InChI=1S/C25H32N2O6S/c1-18(2)14-16-33-22-10-6-19(7-11-22)24(28)26-21-8-12-23(13-9-21)34(30,31)27-15-4-5-20(17-27)25(29)32-3/h6-13,18,20H,4-5,14-17H2,1-3H3,(H,26,28)/t20-/m0/s1. The summed E-state index contributed by atoms with van der Waals surface area (Å²) in [5, 5.41) is 2.77. The van der Waals surface area contributed by atoms with Crippen molar-refractivity contribution in [2.75, 3.05) is 32.1 Å². The summed E-state index contributed by atoms with van der Waals surface area (Å²) in [6.45, 7) is 5.34. The Kier molecular flexibility index (Phi) is 8.68. The van der Waals surface area contributed by atoms with Crippen molar-refractivity contribution in [2.45, 2.75) is 38.0 Å². The molecule has 0 unspecified atom stereocenters. The van der Waals surface area contributed by atoms with Gasteiger partial charge in [0.1, 0.15) is 5.75 Å². The summed E-state index contributed by atoms with van der Waals surface area (Å²) in [6.07, 6.45) is 2.15. The molecular weight excluding hydrogens is 456 g/mol. The fourth-order valence-electron chi connectivity index (χ4n) is 3.70. The molecule has 0 bridgehead atoms. The van der Waals surface area contributed by atoms with Crippen LogP contribution >= 0.6 is 0 Å². The molecule has 1 amide bonds. The molecule has 0 aromatic heterocycles. The lowest BCUT2D eigenvalue weighted by Gasteiger charge is -2.30. The van der Waals surface area contributed by atoms with E-state index in [9.17, 15) is 18.0 Å². The van der Waals surface area contributed by atoms with Crippen LogP contribution in [0.2, 0.25) is 0 Å². The van der Waals surface area contributed by atoms with Gasteiger partial charge in [-0.2, -0.15) is 4.31 Å². The highest BCUT2D eigenvalue weighted by atomic mass is 32.2. The molecule has 184 valence electrons. The molecule has 1 N–H and O–H groups in total. The molecule has 0 radical (unpaired) electrons. The van der Waals surface area contributed by atoms with Crippen LogP contribution < -0.4 is 10.1 Å². The van der Waals surface area contributed by atoms with Crippen molar-refractivity contribution in [1.29, 1.82) is 0 Å². The number of methoxy groups -OCH3 is 1. The van der Waals surface area contributed by atoms with E-state index in [4.69, 9.17) is 9.47 Å². The van der Waals surface area contributed by atoms with Gasteiger partial charge in [-0.1, -0.05) is 13.8 Å². The van der Waals surface area contributed by atoms with Gasteiger partial charge in [-0.05, 0) is 73.7 Å². The number of carbonyl (C=O) groups is 2. The second kappa shape index (κ2) is 11.5. The van der Waals surface area contributed by atoms with Crippen molar-refractivity contribution in [2.24, 2.45) is 11.8 Å². The molecule has 1 aliphatic rings. The molecule has 1 saturated heterocycles. The first-order valence-electron chi connectivity index (χ1n) is 11.4. The zero-order valence-corrected chi connectivity index (χ0v) is 20.6. The number of sulfonamides is 1. The van der Waals surface area contributed by atoms with E-state index in [1.807, 2.05) is 0 Å². The summed E-state index contributed by atoms with van der Waals surface area (Å²) in [4.78, 5) is 24.5. The van der Waals surface area contributed by atoms with Crippen molar-refractivity contribution in [1.82, 2.24) is 4.31 Å². The van der Waals surface area contributed by atoms with E-state index in [0.29, 0.717) is 48.9 Å². The lowest BCUT2D eigenvalue weighted by molar-refractivity contribution is -0.146. The summed E-state index contributed by atoms with van der Waals surface area (Å²) in [5.41, 5.74) is 0.947. The molecule has 1 aliphatic heterocycles. The molecule has 34 heavy (non-hydrogen) atoms. The van der Waals surface area contributed by atoms with Crippen LogP contribution in [0.1, 0.15) is 43.5 Å². The lowest BCUT2D eigenvalue weighted by atomic mass is 10.0. The van der Waals surface area contributed by atoms with E-state index in [0.717, 1.165) is 6.42 Å². The smallest absolute Gasteiger partial charge is 0.309 e. The minimum absolute atomic E-state index is 0.102.